The number of hydrogen-bond donors (Lipinski definition) is 0. The summed E-state index contributed by atoms with van der Waals surface area (Å²) < 4.78 is 5.11. The van der Waals surface area contributed by atoms with E-state index < -0.39 is 0 Å². The summed E-state index contributed by atoms with van der Waals surface area (Å²) in [4.78, 5) is 5.02. The molecule has 11 aromatic carbocycles. The largest absolute Gasteiger partial charge is 0.309 e. The first-order valence-electron chi connectivity index (χ1n) is 25.8. The molecule has 0 radical (unpaired) electrons. The molecular formula is C70H50N4. The smallest absolute Gasteiger partial charge is 0.0621 e. The van der Waals surface area contributed by atoms with Gasteiger partial charge >= 0.3 is 0 Å². The van der Waals surface area contributed by atoms with Crippen molar-refractivity contribution >= 4 is 110 Å². The van der Waals surface area contributed by atoms with Crippen LogP contribution in [-0.4, -0.2) is 8.80 Å². The van der Waals surface area contributed by atoms with E-state index in [1.807, 2.05) is 0 Å². The third kappa shape index (κ3) is 6.03. The summed E-state index contributed by atoms with van der Waals surface area (Å²) in [5.74, 6) is 0. The number of nitrogens with zero attached hydrogens (tertiary/aromatic N) is 4. The molecule has 0 unspecified atom stereocenters. The van der Waals surface area contributed by atoms with Crippen molar-refractivity contribution in [3.05, 3.63) is 253 Å². The van der Waals surface area contributed by atoms with E-state index in [0.717, 1.165) is 0 Å². The van der Waals surface area contributed by atoms with Gasteiger partial charge < -0.3 is 18.6 Å². The first-order chi connectivity index (χ1) is 36.4. The van der Waals surface area contributed by atoms with Crippen LogP contribution in [0.15, 0.2) is 231 Å². The van der Waals surface area contributed by atoms with Crippen molar-refractivity contribution in [3.63, 3.8) is 0 Å². The molecule has 0 amide bonds. The average molecular weight is 947 g/mol. The van der Waals surface area contributed by atoms with Crippen LogP contribution in [0.4, 0.5) is 34.1 Å². The second-order valence-corrected chi connectivity index (χ2v) is 20.3. The standard InChI is InChI=1S/C70H50N4/c1-43-19-11-13-29-57(43)71(63-39-49(37-35-45(63)3)47-21-7-5-8-22-47)59-31-17-33-61-67(59)53-27-15-25-51-55-42-66-56(41-65(55)73(61)69(51)53)52-26-16-28-54-68-60(32-18-34-62(68)74(66)70(52)54)72(58-30-14-12-20-44(58)2)64-40-50(38-36-46(64)4)48-23-9-6-10-24-48/h5-42H,1-4H3. The van der Waals surface area contributed by atoms with Crippen LogP contribution in [0.3, 0.4) is 0 Å². The fourth-order valence-electron chi connectivity index (χ4n) is 12.6. The maximum atomic E-state index is 2.55. The Balaban J connectivity index is 0.976. The number of aryl methyl sites for hydroxylation is 4. The summed E-state index contributed by atoms with van der Waals surface area (Å²) in [7, 11) is 0. The molecule has 0 saturated carbocycles. The fourth-order valence-corrected chi connectivity index (χ4v) is 12.6. The molecule has 15 rings (SSSR count). The molecule has 0 aliphatic heterocycles. The second kappa shape index (κ2) is 16.1. The molecule has 0 aliphatic carbocycles. The Kier molecular flexibility index (Phi) is 9.19. The van der Waals surface area contributed by atoms with E-state index >= 15 is 0 Å². The molecule has 4 nitrogen and oxygen atoms in total. The minimum atomic E-state index is 1.17. The molecule has 4 heteroatoms. The second-order valence-electron chi connectivity index (χ2n) is 20.3. The zero-order valence-corrected chi connectivity index (χ0v) is 41.7. The number of para-hydroxylation sites is 4. The lowest BCUT2D eigenvalue weighted by atomic mass is 9.99. The topological polar surface area (TPSA) is 15.3 Å². The van der Waals surface area contributed by atoms with Gasteiger partial charge in [-0.3, -0.25) is 0 Å². The van der Waals surface area contributed by atoms with E-state index in [9.17, 15) is 0 Å². The number of rotatable bonds is 8. The van der Waals surface area contributed by atoms with Gasteiger partial charge in [0.05, 0.1) is 44.5 Å². The third-order valence-electron chi connectivity index (χ3n) is 16.1. The highest BCUT2D eigenvalue weighted by Gasteiger charge is 2.28. The van der Waals surface area contributed by atoms with Gasteiger partial charge in [-0.15, -0.1) is 0 Å². The zero-order valence-electron chi connectivity index (χ0n) is 41.7. The molecule has 0 N–H and O–H groups in total. The van der Waals surface area contributed by atoms with Crippen LogP contribution in [0.5, 0.6) is 0 Å². The minimum absolute atomic E-state index is 1.17. The van der Waals surface area contributed by atoms with Crippen molar-refractivity contribution in [3.8, 4) is 22.3 Å². The molecule has 0 fully saturated rings. The van der Waals surface area contributed by atoms with E-state index in [-0.39, 0.29) is 0 Å². The molecule has 15 aromatic rings. The normalized spacial score (nSPS) is 12.1. The molecular weight excluding hydrogens is 897 g/mol. The van der Waals surface area contributed by atoms with Gasteiger partial charge in [-0.1, -0.05) is 170 Å². The Labute approximate surface area is 429 Å². The highest BCUT2D eigenvalue weighted by molar-refractivity contribution is 6.31. The Hall–Kier alpha value is -9.38. The predicted molar refractivity (Wildman–Crippen MR) is 315 cm³/mol. The fraction of sp³-hybridized carbons (Fsp3) is 0.0571. The number of aromatic nitrogens is 2. The summed E-state index contributed by atoms with van der Waals surface area (Å²) in [6.45, 7) is 8.94. The molecule has 0 atom stereocenters. The number of anilines is 6. The van der Waals surface area contributed by atoms with Crippen LogP contribution >= 0.6 is 0 Å². The van der Waals surface area contributed by atoms with Gasteiger partial charge in [-0.2, -0.15) is 0 Å². The summed E-state index contributed by atoms with van der Waals surface area (Å²) in [6, 6.07) is 85.5. The van der Waals surface area contributed by atoms with Gasteiger partial charge in [0.2, 0.25) is 0 Å². The van der Waals surface area contributed by atoms with Gasteiger partial charge in [-0.05, 0) is 133 Å². The summed E-state index contributed by atoms with van der Waals surface area (Å²) >= 11 is 0. The summed E-state index contributed by atoms with van der Waals surface area (Å²) in [6.07, 6.45) is 0. The summed E-state index contributed by atoms with van der Waals surface area (Å²) in [5, 5.41) is 10.0. The van der Waals surface area contributed by atoms with Crippen LogP contribution in [0.1, 0.15) is 22.3 Å². The number of hydrogen-bond acceptors (Lipinski definition) is 2. The maximum absolute atomic E-state index is 2.55. The van der Waals surface area contributed by atoms with E-state index in [1.54, 1.807) is 0 Å². The zero-order chi connectivity index (χ0) is 49.3. The highest BCUT2D eigenvalue weighted by atomic mass is 15.2. The molecule has 74 heavy (non-hydrogen) atoms. The molecule has 0 saturated heterocycles. The predicted octanol–water partition coefficient (Wildman–Crippen LogP) is 19.5. The molecule has 4 aromatic heterocycles. The van der Waals surface area contributed by atoms with Crippen LogP contribution < -0.4 is 9.80 Å². The monoisotopic (exact) mass is 946 g/mol. The van der Waals surface area contributed by atoms with Gasteiger partial charge in [0.15, 0.2) is 0 Å². The van der Waals surface area contributed by atoms with Crippen molar-refractivity contribution in [1.82, 2.24) is 8.80 Å². The first-order valence-corrected chi connectivity index (χ1v) is 25.8. The number of fused-ring (bicyclic) bond motifs is 12. The highest BCUT2D eigenvalue weighted by Crippen LogP contribution is 2.51. The number of benzene rings is 11. The lowest BCUT2D eigenvalue weighted by Crippen LogP contribution is -2.13. The van der Waals surface area contributed by atoms with Crippen molar-refractivity contribution in [2.75, 3.05) is 9.80 Å². The Morgan fingerprint density at radius 2 is 0.608 bits per heavy atom. The van der Waals surface area contributed by atoms with Crippen molar-refractivity contribution in [2.45, 2.75) is 27.7 Å². The van der Waals surface area contributed by atoms with Crippen LogP contribution in [0, 0.1) is 27.7 Å². The molecule has 350 valence electrons. The van der Waals surface area contributed by atoms with Gasteiger partial charge in [0, 0.05) is 65.8 Å². The van der Waals surface area contributed by atoms with Gasteiger partial charge in [-0.25, -0.2) is 0 Å². The van der Waals surface area contributed by atoms with Crippen LogP contribution in [0.25, 0.3) is 98.4 Å². The average Bonchev–Trinajstić information content (AvgIpc) is 4.29. The van der Waals surface area contributed by atoms with E-state index in [1.165, 1.54) is 155 Å². The van der Waals surface area contributed by atoms with Crippen molar-refractivity contribution in [2.24, 2.45) is 0 Å². The molecule has 0 spiro atoms. The van der Waals surface area contributed by atoms with Gasteiger partial charge in [0.25, 0.3) is 0 Å². The van der Waals surface area contributed by atoms with Crippen LogP contribution in [0.2, 0.25) is 0 Å². The first kappa shape index (κ1) is 42.3. The Morgan fingerprint density at radius 1 is 0.243 bits per heavy atom. The van der Waals surface area contributed by atoms with E-state index in [4.69, 9.17) is 0 Å². The maximum Gasteiger partial charge on any atom is 0.0621 e. The van der Waals surface area contributed by atoms with Crippen molar-refractivity contribution in [1.29, 1.82) is 0 Å². The van der Waals surface area contributed by atoms with Crippen molar-refractivity contribution < 1.29 is 0 Å². The van der Waals surface area contributed by atoms with E-state index in [2.05, 4.69) is 277 Å². The lowest BCUT2D eigenvalue weighted by Gasteiger charge is -2.30. The van der Waals surface area contributed by atoms with Gasteiger partial charge in [0.1, 0.15) is 0 Å². The van der Waals surface area contributed by atoms with E-state index in [0.29, 0.717) is 0 Å². The molecule has 0 bridgehead atoms. The third-order valence-corrected chi connectivity index (χ3v) is 16.1. The quantitative estimate of drug-likeness (QED) is 0.151. The SMILES string of the molecule is Cc1ccccc1N(c1cc(-c2ccccc2)ccc1C)c1cccc2c1c1cccc3c4cc5c(cc4n2c31)c1cccc2c3c(N(c4ccccc4C)c4cc(-c6ccccc6)ccc4C)cccc3n5c12. The minimum Gasteiger partial charge on any atom is -0.309 e. The van der Waals surface area contributed by atoms with Crippen LogP contribution in [-0.2, 0) is 0 Å². The Bertz CT molecular complexity index is 4410. The summed E-state index contributed by atoms with van der Waals surface area (Å²) in [5.41, 5.74) is 24.1. The molecule has 0 aliphatic rings. The molecule has 4 heterocycles. The lowest BCUT2D eigenvalue weighted by molar-refractivity contribution is 1.23. The Morgan fingerprint density at radius 3 is 1.04 bits per heavy atom.